The van der Waals surface area contributed by atoms with Crippen LogP contribution >= 0.6 is 0 Å². The highest BCUT2D eigenvalue weighted by Crippen LogP contribution is 2.16. The van der Waals surface area contributed by atoms with Gasteiger partial charge in [-0.1, -0.05) is 12.1 Å². The summed E-state index contributed by atoms with van der Waals surface area (Å²) in [4.78, 5) is 0. The third-order valence-electron chi connectivity index (χ3n) is 2.95. The van der Waals surface area contributed by atoms with Crippen LogP contribution in [-0.4, -0.2) is 14.2 Å². The van der Waals surface area contributed by atoms with Crippen LogP contribution in [0.4, 0.5) is 15.8 Å². The van der Waals surface area contributed by atoms with Crippen molar-refractivity contribution in [3.05, 3.63) is 59.9 Å². The van der Waals surface area contributed by atoms with Crippen molar-refractivity contribution in [3.63, 3.8) is 0 Å². The van der Waals surface area contributed by atoms with E-state index in [9.17, 15) is 12.8 Å². The van der Waals surface area contributed by atoms with E-state index in [1.165, 1.54) is 12.1 Å². The smallest absolute Gasteiger partial charge is 0.232 e. The third kappa shape index (κ3) is 4.75. The summed E-state index contributed by atoms with van der Waals surface area (Å²) < 4.78 is 38.1. The van der Waals surface area contributed by atoms with Crippen molar-refractivity contribution in [2.75, 3.05) is 15.8 Å². The summed E-state index contributed by atoms with van der Waals surface area (Å²) in [6.07, 6.45) is 0. The van der Waals surface area contributed by atoms with E-state index in [0.29, 0.717) is 12.2 Å². The van der Waals surface area contributed by atoms with Crippen LogP contribution < -0.4 is 10.0 Å². The van der Waals surface area contributed by atoms with E-state index in [-0.39, 0.29) is 11.6 Å². The van der Waals surface area contributed by atoms with Gasteiger partial charge in [-0.2, -0.15) is 0 Å². The average molecular weight is 308 g/mol. The number of hydrogen-bond donors (Lipinski definition) is 2. The molecule has 2 N–H and O–H groups in total. The second kappa shape index (κ2) is 6.58. The summed E-state index contributed by atoms with van der Waals surface area (Å²) in [5.41, 5.74) is 2.36. The molecule has 0 aliphatic rings. The van der Waals surface area contributed by atoms with Gasteiger partial charge in [-0.05, 0) is 48.9 Å². The van der Waals surface area contributed by atoms with Crippen LogP contribution in [0, 0.1) is 5.82 Å². The Kier molecular flexibility index (Phi) is 4.80. The molecule has 112 valence electrons. The van der Waals surface area contributed by atoms with Gasteiger partial charge in [0.25, 0.3) is 0 Å². The molecule has 0 aliphatic carbocycles. The van der Waals surface area contributed by atoms with Crippen LogP contribution in [0.1, 0.15) is 12.5 Å². The first-order valence-corrected chi connectivity index (χ1v) is 8.22. The zero-order chi connectivity index (χ0) is 15.3. The number of halogens is 1. The van der Waals surface area contributed by atoms with E-state index in [1.54, 1.807) is 43.3 Å². The number of benzene rings is 2. The Balaban J connectivity index is 1.95. The summed E-state index contributed by atoms with van der Waals surface area (Å²) in [7, 11) is -3.25. The van der Waals surface area contributed by atoms with E-state index >= 15 is 0 Å². The van der Waals surface area contributed by atoms with Crippen LogP contribution in [0.2, 0.25) is 0 Å². The monoisotopic (exact) mass is 308 g/mol. The molecular formula is C15H17FN2O2S. The highest BCUT2D eigenvalue weighted by Gasteiger charge is 2.06. The molecule has 0 unspecified atom stereocenters. The molecule has 21 heavy (non-hydrogen) atoms. The predicted molar refractivity (Wildman–Crippen MR) is 83.3 cm³/mol. The van der Waals surface area contributed by atoms with E-state index in [4.69, 9.17) is 0 Å². The number of rotatable bonds is 6. The van der Waals surface area contributed by atoms with Crippen molar-refractivity contribution in [3.8, 4) is 0 Å². The predicted octanol–water partition coefficient (Wildman–Crippen LogP) is 3.20. The van der Waals surface area contributed by atoms with Crippen molar-refractivity contribution in [2.45, 2.75) is 13.5 Å². The van der Waals surface area contributed by atoms with E-state index in [0.717, 1.165) is 11.3 Å². The lowest BCUT2D eigenvalue weighted by atomic mass is 10.2. The SMILES string of the molecule is CCS(=O)(=O)Nc1ccc(NCc2ccc(F)cc2)cc1. The van der Waals surface area contributed by atoms with Crippen molar-refractivity contribution in [1.29, 1.82) is 0 Å². The molecule has 0 saturated heterocycles. The molecule has 0 aromatic heterocycles. The van der Waals surface area contributed by atoms with Gasteiger partial charge in [0.2, 0.25) is 10.0 Å². The van der Waals surface area contributed by atoms with Gasteiger partial charge < -0.3 is 5.32 Å². The second-order valence-electron chi connectivity index (χ2n) is 4.56. The summed E-state index contributed by atoms with van der Waals surface area (Å²) in [6, 6.07) is 13.2. The molecular weight excluding hydrogens is 291 g/mol. The first-order chi connectivity index (χ1) is 9.98. The quantitative estimate of drug-likeness (QED) is 0.861. The van der Waals surface area contributed by atoms with Crippen LogP contribution in [0.25, 0.3) is 0 Å². The van der Waals surface area contributed by atoms with E-state index in [2.05, 4.69) is 10.0 Å². The molecule has 0 amide bonds. The molecule has 2 aromatic rings. The second-order valence-corrected chi connectivity index (χ2v) is 6.57. The lowest BCUT2D eigenvalue weighted by Gasteiger charge is -2.09. The Morgan fingerprint density at radius 3 is 2.10 bits per heavy atom. The number of anilines is 2. The Labute approximate surface area is 124 Å². The fourth-order valence-corrected chi connectivity index (χ4v) is 2.35. The lowest BCUT2D eigenvalue weighted by Crippen LogP contribution is -2.14. The topological polar surface area (TPSA) is 58.2 Å². The molecule has 4 nitrogen and oxygen atoms in total. The summed E-state index contributed by atoms with van der Waals surface area (Å²) >= 11 is 0. The Morgan fingerprint density at radius 2 is 1.52 bits per heavy atom. The molecule has 2 rings (SSSR count). The first kappa shape index (κ1) is 15.3. The summed E-state index contributed by atoms with van der Waals surface area (Å²) in [5.74, 6) is -0.219. The van der Waals surface area contributed by atoms with Crippen LogP contribution in [0.3, 0.4) is 0 Å². The van der Waals surface area contributed by atoms with E-state index < -0.39 is 10.0 Å². The number of nitrogens with one attached hydrogen (secondary N) is 2. The van der Waals surface area contributed by atoms with Gasteiger partial charge in [0, 0.05) is 17.9 Å². The van der Waals surface area contributed by atoms with Crippen LogP contribution in [-0.2, 0) is 16.6 Å². The van der Waals surface area contributed by atoms with Crippen molar-refractivity contribution < 1.29 is 12.8 Å². The molecule has 0 fully saturated rings. The van der Waals surface area contributed by atoms with Crippen LogP contribution in [0.5, 0.6) is 0 Å². The standard InChI is InChI=1S/C15H17FN2O2S/c1-2-21(19,20)18-15-9-7-14(8-10-15)17-11-12-3-5-13(16)6-4-12/h3-10,17-18H,2,11H2,1H3. The van der Waals surface area contributed by atoms with Crippen molar-refractivity contribution in [2.24, 2.45) is 0 Å². The molecule has 2 aromatic carbocycles. The van der Waals surface area contributed by atoms with Crippen LogP contribution in [0.15, 0.2) is 48.5 Å². The largest absolute Gasteiger partial charge is 0.381 e. The molecule has 0 atom stereocenters. The highest BCUT2D eigenvalue weighted by atomic mass is 32.2. The molecule has 0 spiro atoms. The molecule has 0 bridgehead atoms. The maximum absolute atomic E-state index is 12.8. The third-order valence-corrected chi connectivity index (χ3v) is 4.25. The highest BCUT2D eigenvalue weighted by molar-refractivity contribution is 7.92. The minimum atomic E-state index is -3.25. The number of hydrogen-bond acceptors (Lipinski definition) is 3. The maximum Gasteiger partial charge on any atom is 0.232 e. The summed E-state index contributed by atoms with van der Waals surface area (Å²) in [6.45, 7) is 2.15. The molecule has 0 radical (unpaired) electrons. The van der Waals surface area contributed by atoms with Gasteiger partial charge in [-0.3, -0.25) is 4.72 Å². The Morgan fingerprint density at radius 1 is 0.952 bits per heavy atom. The fraction of sp³-hybridized carbons (Fsp3) is 0.200. The van der Waals surface area contributed by atoms with Gasteiger partial charge >= 0.3 is 0 Å². The minimum Gasteiger partial charge on any atom is -0.381 e. The summed E-state index contributed by atoms with van der Waals surface area (Å²) in [5, 5.41) is 3.18. The lowest BCUT2D eigenvalue weighted by molar-refractivity contribution is 0.602. The van der Waals surface area contributed by atoms with Gasteiger partial charge in [0.15, 0.2) is 0 Å². The van der Waals surface area contributed by atoms with Gasteiger partial charge in [-0.15, -0.1) is 0 Å². The zero-order valence-corrected chi connectivity index (χ0v) is 12.5. The normalized spacial score (nSPS) is 11.1. The van der Waals surface area contributed by atoms with Gasteiger partial charge in [-0.25, -0.2) is 12.8 Å². The van der Waals surface area contributed by atoms with Crippen molar-refractivity contribution in [1.82, 2.24) is 0 Å². The molecule has 0 heterocycles. The fourth-order valence-electron chi connectivity index (χ4n) is 1.71. The molecule has 6 heteroatoms. The average Bonchev–Trinajstić information content (AvgIpc) is 2.48. The van der Waals surface area contributed by atoms with E-state index in [1.807, 2.05) is 0 Å². The Hall–Kier alpha value is -2.08. The molecule has 0 aliphatic heterocycles. The van der Waals surface area contributed by atoms with Gasteiger partial charge in [0.1, 0.15) is 5.82 Å². The minimum absolute atomic E-state index is 0.0393. The zero-order valence-electron chi connectivity index (χ0n) is 11.6. The Bertz CT molecular complexity index is 683. The maximum atomic E-state index is 12.8. The first-order valence-electron chi connectivity index (χ1n) is 6.57. The van der Waals surface area contributed by atoms with Gasteiger partial charge in [0.05, 0.1) is 5.75 Å². The number of sulfonamides is 1. The van der Waals surface area contributed by atoms with Crippen molar-refractivity contribution >= 4 is 21.4 Å². The molecule has 0 saturated carbocycles.